The van der Waals surface area contributed by atoms with E-state index in [-0.39, 0.29) is 11.2 Å². The molecule has 1 aromatic rings. The zero-order chi connectivity index (χ0) is 14.1. The summed E-state index contributed by atoms with van der Waals surface area (Å²) in [6.07, 6.45) is 0. The predicted octanol–water partition coefficient (Wildman–Crippen LogP) is 4.81. The van der Waals surface area contributed by atoms with Gasteiger partial charge in [0, 0.05) is 22.4 Å². The molecule has 98 valence electrons. The summed E-state index contributed by atoms with van der Waals surface area (Å²) in [6.45, 7) is 15.7. The van der Waals surface area contributed by atoms with Crippen LogP contribution in [-0.2, 0) is 0 Å². The lowest BCUT2D eigenvalue weighted by molar-refractivity contribution is 0.500. The molecule has 0 bridgehead atoms. The van der Waals surface area contributed by atoms with E-state index in [2.05, 4.69) is 11.6 Å². The van der Waals surface area contributed by atoms with E-state index in [0.29, 0.717) is 11.3 Å². The molecular weight excluding hydrogens is 225 g/mol. The van der Waals surface area contributed by atoms with Crippen LogP contribution in [0.4, 0.5) is 4.39 Å². The van der Waals surface area contributed by atoms with Gasteiger partial charge in [0.1, 0.15) is 5.82 Å². The smallest absolute Gasteiger partial charge is 0.132 e. The lowest BCUT2D eigenvalue weighted by atomic mass is 9.93. The summed E-state index contributed by atoms with van der Waals surface area (Å²) in [5.74, 6) is -0.213. The molecule has 0 spiro atoms. The lowest BCUT2D eigenvalue weighted by Crippen LogP contribution is -2.10. The van der Waals surface area contributed by atoms with E-state index in [1.165, 1.54) is 0 Å². The standard InChI is InChI=1S/C16H22FN/c1-10-8-11(2)15(14(17)9-10)12(3)18-13(4)16(5,6)7/h8-9H,4H2,1-3,5-7H3/b18-12+. The van der Waals surface area contributed by atoms with Crippen molar-refractivity contribution in [1.82, 2.24) is 0 Å². The van der Waals surface area contributed by atoms with E-state index < -0.39 is 0 Å². The maximum absolute atomic E-state index is 14.0. The Morgan fingerprint density at radius 3 is 2.22 bits per heavy atom. The first-order valence-corrected chi connectivity index (χ1v) is 6.14. The van der Waals surface area contributed by atoms with E-state index in [1.807, 2.05) is 47.6 Å². The summed E-state index contributed by atoms with van der Waals surface area (Å²) in [5, 5.41) is 0. The second-order valence-electron chi connectivity index (χ2n) is 5.83. The van der Waals surface area contributed by atoms with Gasteiger partial charge in [0.05, 0.1) is 0 Å². The van der Waals surface area contributed by atoms with Crippen LogP contribution in [0.2, 0.25) is 0 Å². The van der Waals surface area contributed by atoms with Crippen LogP contribution >= 0.6 is 0 Å². The van der Waals surface area contributed by atoms with Crippen molar-refractivity contribution in [3.05, 3.63) is 46.9 Å². The van der Waals surface area contributed by atoms with Gasteiger partial charge < -0.3 is 0 Å². The average Bonchev–Trinajstić information content (AvgIpc) is 2.13. The van der Waals surface area contributed by atoms with Crippen LogP contribution in [0, 0.1) is 25.1 Å². The number of nitrogens with zero attached hydrogens (tertiary/aromatic N) is 1. The Labute approximate surface area is 109 Å². The average molecular weight is 247 g/mol. The van der Waals surface area contributed by atoms with Crippen LogP contribution in [0.3, 0.4) is 0 Å². The molecule has 0 aromatic heterocycles. The topological polar surface area (TPSA) is 12.4 Å². The van der Waals surface area contributed by atoms with Crippen LogP contribution in [0.5, 0.6) is 0 Å². The Bertz CT molecular complexity index is 481. The first kappa shape index (κ1) is 14.6. The fraction of sp³-hybridized carbons (Fsp3) is 0.438. The molecule has 0 saturated carbocycles. The molecule has 0 aliphatic rings. The number of hydrogen-bond acceptors (Lipinski definition) is 1. The van der Waals surface area contributed by atoms with E-state index in [9.17, 15) is 4.39 Å². The lowest BCUT2D eigenvalue weighted by Gasteiger charge is -2.19. The third-order valence-electron chi connectivity index (χ3n) is 2.96. The molecule has 1 aromatic carbocycles. The SMILES string of the molecule is C=C(/N=C(\C)c1c(C)cc(C)cc1F)C(C)(C)C. The highest BCUT2D eigenvalue weighted by Crippen LogP contribution is 2.26. The highest BCUT2D eigenvalue weighted by atomic mass is 19.1. The molecule has 0 aliphatic heterocycles. The van der Waals surface area contributed by atoms with Crippen molar-refractivity contribution in [2.45, 2.75) is 41.5 Å². The summed E-state index contributed by atoms with van der Waals surface area (Å²) in [6, 6.07) is 3.51. The molecule has 0 saturated heterocycles. The van der Waals surface area contributed by atoms with Crippen LogP contribution in [-0.4, -0.2) is 5.71 Å². The summed E-state index contributed by atoms with van der Waals surface area (Å²) >= 11 is 0. The maximum Gasteiger partial charge on any atom is 0.132 e. The van der Waals surface area contributed by atoms with Crippen LogP contribution in [0.1, 0.15) is 44.4 Å². The van der Waals surface area contributed by atoms with Gasteiger partial charge >= 0.3 is 0 Å². The molecule has 0 amide bonds. The minimum absolute atomic E-state index is 0.101. The van der Waals surface area contributed by atoms with Gasteiger partial charge in [-0.25, -0.2) is 4.39 Å². The fourth-order valence-electron chi connectivity index (χ4n) is 1.80. The van der Waals surface area contributed by atoms with Gasteiger partial charge in [-0.05, 0) is 38.0 Å². The molecule has 1 nitrogen and oxygen atoms in total. The Kier molecular flexibility index (Phi) is 4.10. The monoisotopic (exact) mass is 247 g/mol. The Morgan fingerprint density at radius 2 is 1.78 bits per heavy atom. The largest absolute Gasteiger partial charge is 0.258 e. The molecule has 1 rings (SSSR count). The summed E-state index contributed by atoms with van der Waals surface area (Å²) in [5.41, 5.74) is 3.78. The molecule has 0 fully saturated rings. The highest BCUT2D eigenvalue weighted by Gasteiger charge is 2.16. The first-order chi connectivity index (χ1) is 8.12. The minimum Gasteiger partial charge on any atom is -0.258 e. The van der Waals surface area contributed by atoms with E-state index in [4.69, 9.17) is 0 Å². The van der Waals surface area contributed by atoms with Crippen molar-refractivity contribution >= 4 is 5.71 Å². The Balaban J connectivity index is 3.24. The summed E-state index contributed by atoms with van der Waals surface area (Å²) < 4.78 is 14.0. The molecule has 0 N–H and O–H groups in total. The van der Waals surface area contributed by atoms with Gasteiger partial charge in [-0.2, -0.15) is 0 Å². The van der Waals surface area contributed by atoms with Crippen molar-refractivity contribution in [3.8, 4) is 0 Å². The van der Waals surface area contributed by atoms with Gasteiger partial charge in [0.25, 0.3) is 0 Å². The molecule has 18 heavy (non-hydrogen) atoms. The molecule has 0 unspecified atom stereocenters. The number of halogens is 1. The molecule has 2 heteroatoms. The van der Waals surface area contributed by atoms with E-state index in [1.54, 1.807) is 6.07 Å². The zero-order valence-electron chi connectivity index (χ0n) is 12.2. The number of rotatable bonds is 2. The second kappa shape index (κ2) is 5.05. The van der Waals surface area contributed by atoms with Crippen molar-refractivity contribution in [2.24, 2.45) is 10.4 Å². The number of allylic oxidation sites excluding steroid dienone is 1. The van der Waals surface area contributed by atoms with E-state index in [0.717, 1.165) is 16.8 Å². The second-order valence-corrected chi connectivity index (χ2v) is 5.83. The third-order valence-corrected chi connectivity index (χ3v) is 2.96. The zero-order valence-corrected chi connectivity index (χ0v) is 12.2. The van der Waals surface area contributed by atoms with Crippen molar-refractivity contribution in [2.75, 3.05) is 0 Å². The van der Waals surface area contributed by atoms with Crippen LogP contribution < -0.4 is 0 Å². The predicted molar refractivity (Wildman–Crippen MR) is 76.7 cm³/mol. The summed E-state index contributed by atoms with van der Waals surface area (Å²) in [7, 11) is 0. The molecule has 0 atom stereocenters. The number of aryl methyl sites for hydroxylation is 2. The first-order valence-electron chi connectivity index (χ1n) is 6.14. The van der Waals surface area contributed by atoms with Crippen molar-refractivity contribution in [1.29, 1.82) is 0 Å². The molecular formula is C16H22FN. The fourth-order valence-corrected chi connectivity index (χ4v) is 1.80. The number of hydrogen-bond donors (Lipinski definition) is 0. The number of benzene rings is 1. The van der Waals surface area contributed by atoms with E-state index >= 15 is 0 Å². The van der Waals surface area contributed by atoms with Gasteiger partial charge in [-0.1, -0.05) is 33.4 Å². The van der Waals surface area contributed by atoms with Gasteiger partial charge in [0.2, 0.25) is 0 Å². The number of aliphatic imine (C=N–C) groups is 1. The molecule has 0 heterocycles. The summed E-state index contributed by atoms with van der Waals surface area (Å²) in [4.78, 5) is 4.45. The van der Waals surface area contributed by atoms with Gasteiger partial charge in [-0.15, -0.1) is 0 Å². The Morgan fingerprint density at radius 1 is 1.22 bits per heavy atom. The molecule has 0 radical (unpaired) electrons. The van der Waals surface area contributed by atoms with Crippen molar-refractivity contribution in [3.63, 3.8) is 0 Å². The van der Waals surface area contributed by atoms with Gasteiger partial charge in [0.15, 0.2) is 0 Å². The Hall–Kier alpha value is -1.44. The van der Waals surface area contributed by atoms with Crippen LogP contribution in [0.15, 0.2) is 29.4 Å². The quantitative estimate of drug-likeness (QED) is 0.665. The highest BCUT2D eigenvalue weighted by molar-refractivity contribution is 6.00. The van der Waals surface area contributed by atoms with Gasteiger partial charge in [-0.3, -0.25) is 4.99 Å². The maximum atomic E-state index is 14.0. The third kappa shape index (κ3) is 3.28. The normalized spacial score (nSPS) is 12.7. The van der Waals surface area contributed by atoms with Crippen molar-refractivity contribution < 1.29 is 4.39 Å². The van der Waals surface area contributed by atoms with Crippen LogP contribution in [0.25, 0.3) is 0 Å². The molecule has 0 aliphatic carbocycles. The minimum atomic E-state index is -0.213.